The number of rotatable bonds is 5. The fourth-order valence-corrected chi connectivity index (χ4v) is 4.00. The van der Waals surface area contributed by atoms with E-state index in [4.69, 9.17) is 9.47 Å². The van der Waals surface area contributed by atoms with Crippen LogP contribution in [0.15, 0.2) is 42.5 Å². The molecule has 1 saturated heterocycles. The predicted molar refractivity (Wildman–Crippen MR) is 107 cm³/mol. The van der Waals surface area contributed by atoms with E-state index in [0.717, 1.165) is 43.1 Å². The first kappa shape index (κ1) is 17.9. The van der Waals surface area contributed by atoms with Crippen LogP contribution in [-0.2, 0) is 11.3 Å². The van der Waals surface area contributed by atoms with Gasteiger partial charge >= 0.3 is 0 Å². The van der Waals surface area contributed by atoms with Gasteiger partial charge in [-0.15, -0.1) is 0 Å². The molecular weight excluding hydrogens is 362 g/mol. The molecule has 0 aliphatic carbocycles. The summed E-state index contributed by atoms with van der Waals surface area (Å²) in [5, 5.41) is 3.48. The molecule has 1 fully saturated rings. The Morgan fingerprint density at radius 2 is 2.11 bits per heavy atom. The molecule has 1 aliphatic heterocycles. The van der Waals surface area contributed by atoms with E-state index in [1.54, 1.807) is 25.3 Å². The van der Waals surface area contributed by atoms with Crippen LogP contribution in [-0.4, -0.2) is 49.2 Å². The highest BCUT2D eigenvalue weighted by atomic mass is 32.1. The number of morpholine rings is 1. The van der Waals surface area contributed by atoms with E-state index in [1.165, 1.54) is 16.9 Å². The van der Waals surface area contributed by atoms with Gasteiger partial charge in [0.05, 0.1) is 30.5 Å². The molecule has 1 amide bonds. The number of nitrogens with one attached hydrogen (secondary N) is 1. The van der Waals surface area contributed by atoms with Crippen molar-refractivity contribution >= 4 is 32.6 Å². The number of carbonyl (C=O) groups is 1. The number of aromatic nitrogens is 1. The Balaban J connectivity index is 1.48. The van der Waals surface area contributed by atoms with Crippen molar-refractivity contribution in [3.05, 3.63) is 53.6 Å². The molecule has 0 bridgehead atoms. The van der Waals surface area contributed by atoms with E-state index in [2.05, 4.69) is 27.3 Å². The van der Waals surface area contributed by atoms with Crippen molar-refractivity contribution < 1.29 is 14.3 Å². The summed E-state index contributed by atoms with van der Waals surface area (Å²) < 4.78 is 11.6. The van der Waals surface area contributed by atoms with E-state index in [9.17, 15) is 4.79 Å². The van der Waals surface area contributed by atoms with Crippen molar-refractivity contribution in [3.8, 4) is 5.75 Å². The molecule has 6 nitrogen and oxygen atoms in total. The summed E-state index contributed by atoms with van der Waals surface area (Å²) in [6, 6.07) is 13.3. The van der Waals surface area contributed by atoms with Crippen LogP contribution >= 0.6 is 11.3 Å². The molecule has 4 rings (SSSR count). The molecule has 1 N–H and O–H groups in total. The Hall–Kier alpha value is -2.48. The van der Waals surface area contributed by atoms with E-state index < -0.39 is 0 Å². The molecule has 1 aliphatic rings. The Morgan fingerprint density at radius 1 is 1.26 bits per heavy atom. The first-order chi connectivity index (χ1) is 13.2. The zero-order valence-electron chi connectivity index (χ0n) is 15.1. The van der Waals surface area contributed by atoms with E-state index in [0.29, 0.717) is 16.4 Å². The van der Waals surface area contributed by atoms with Gasteiger partial charge in [-0.1, -0.05) is 23.5 Å². The highest BCUT2D eigenvalue weighted by Gasteiger charge is 2.13. The third kappa shape index (κ3) is 4.27. The Bertz CT molecular complexity index is 951. The van der Waals surface area contributed by atoms with Crippen molar-refractivity contribution in [1.29, 1.82) is 0 Å². The largest absolute Gasteiger partial charge is 0.497 e. The van der Waals surface area contributed by atoms with Crippen LogP contribution in [0.4, 0.5) is 5.13 Å². The summed E-state index contributed by atoms with van der Waals surface area (Å²) in [5.41, 5.74) is 2.69. The van der Waals surface area contributed by atoms with Gasteiger partial charge in [-0.2, -0.15) is 0 Å². The molecule has 3 aromatic rings. The minimum atomic E-state index is -0.193. The van der Waals surface area contributed by atoms with Crippen LogP contribution in [0.3, 0.4) is 0 Å². The Labute approximate surface area is 161 Å². The summed E-state index contributed by atoms with van der Waals surface area (Å²) in [5.74, 6) is 0.459. The van der Waals surface area contributed by atoms with Crippen molar-refractivity contribution in [2.75, 3.05) is 38.7 Å². The second-order valence-electron chi connectivity index (χ2n) is 6.40. The molecule has 2 aromatic carbocycles. The summed E-state index contributed by atoms with van der Waals surface area (Å²) >= 11 is 1.49. The quantitative estimate of drug-likeness (QED) is 0.732. The Morgan fingerprint density at radius 3 is 2.93 bits per heavy atom. The van der Waals surface area contributed by atoms with E-state index >= 15 is 0 Å². The number of nitrogens with zero attached hydrogens (tertiary/aromatic N) is 2. The van der Waals surface area contributed by atoms with Gasteiger partial charge in [0.1, 0.15) is 5.75 Å². The zero-order valence-corrected chi connectivity index (χ0v) is 15.9. The second kappa shape index (κ2) is 8.04. The summed E-state index contributed by atoms with van der Waals surface area (Å²) in [6.45, 7) is 4.42. The molecule has 27 heavy (non-hydrogen) atoms. The van der Waals surface area contributed by atoms with Crippen LogP contribution in [0.5, 0.6) is 5.75 Å². The molecule has 0 unspecified atom stereocenters. The van der Waals surface area contributed by atoms with Gasteiger partial charge in [0.25, 0.3) is 5.91 Å². The fourth-order valence-electron chi connectivity index (χ4n) is 3.07. The fraction of sp³-hybridized carbons (Fsp3) is 0.300. The molecule has 140 valence electrons. The summed E-state index contributed by atoms with van der Waals surface area (Å²) in [4.78, 5) is 19.4. The number of fused-ring (bicyclic) bond motifs is 1. The van der Waals surface area contributed by atoms with Gasteiger partial charge in [-0.05, 0) is 35.9 Å². The number of ether oxygens (including phenoxy) is 2. The SMILES string of the molecule is COc1cccc(C(=O)Nc2nc3ccc(CN4CCOCC4)cc3s2)c1. The topological polar surface area (TPSA) is 63.7 Å². The average Bonchev–Trinajstić information content (AvgIpc) is 3.10. The first-order valence-corrected chi connectivity index (χ1v) is 9.68. The standard InChI is InChI=1S/C20H21N3O3S/c1-25-16-4-2-3-15(12-16)19(24)22-20-21-17-6-5-14(11-18(17)27-20)13-23-7-9-26-10-8-23/h2-6,11-12H,7-10,13H2,1H3,(H,21,22,24). The predicted octanol–water partition coefficient (Wildman–Crippen LogP) is 3.39. The number of thiazole rings is 1. The van der Waals surface area contributed by atoms with Crippen molar-refractivity contribution in [2.45, 2.75) is 6.54 Å². The molecule has 0 atom stereocenters. The number of methoxy groups -OCH3 is 1. The Kier molecular flexibility index (Phi) is 5.33. The maximum Gasteiger partial charge on any atom is 0.257 e. The van der Waals surface area contributed by atoms with Crippen LogP contribution < -0.4 is 10.1 Å². The molecule has 0 spiro atoms. The molecule has 0 saturated carbocycles. The van der Waals surface area contributed by atoms with Crippen LogP contribution in [0.25, 0.3) is 10.2 Å². The van der Waals surface area contributed by atoms with Gasteiger partial charge in [0.15, 0.2) is 5.13 Å². The van der Waals surface area contributed by atoms with Gasteiger partial charge in [-0.3, -0.25) is 15.0 Å². The third-order valence-electron chi connectivity index (χ3n) is 4.52. The lowest BCUT2D eigenvalue weighted by Crippen LogP contribution is -2.35. The van der Waals surface area contributed by atoms with Crippen molar-refractivity contribution in [2.24, 2.45) is 0 Å². The minimum absolute atomic E-state index is 0.193. The highest BCUT2D eigenvalue weighted by molar-refractivity contribution is 7.22. The summed E-state index contributed by atoms with van der Waals surface area (Å²) in [6.07, 6.45) is 0. The van der Waals surface area contributed by atoms with Crippen molar-refractivity contribution in [3.63, 3.8) is 0 Å². The lowest BCUT2D eigenvalue weighted by molar-refractivity contribution is 0.0342. The maximum absolute atomic E-state index is 12.5. The van der Waals surface area contributed by atoms with Crippen LogP contribution in [0.2, 0.25) is 0 Å². The number of amides is 1. The zero-order chi connectivity index (χ0) is 18.6. The monoisotopic (exact) mass is 383 g/mol. The average molecular weight is 383 g/mol. The first-order valence-electron chi connectivity index (χ1n) is 8.86. The minimum Gasteiger partial charge on any atom is -0.497 e. The maximum atomic E-state index is 12.5. The van der Waals surface area contributed by atoms with Crippen LogP contribution in [0, 0.1) is 0 Å². The lowest BCUT2D eigenvalue weighted by atomic mass is 10.2. The second-order valence-corrected chi connectivity index (χ2v) is 7.43. The van der Waals surface area contributed by atoms with E-state index in [1.807, 2.05) is 12.1 Å². The number of benzene rings is 2. The number of hydrogen-bond acceptors (Lipinski definition) is 6. The van der Waals surface area contributed by atoms with E-state index in [-0.39, 0.29) is 5.91 Å². The molecule has 7 heteroatoms. The smallest absolute Gasteiger partial charge is 0.257 e. The van der Waals surface area contributed by atoms with Gasteiger partial charge in [0.2, 0.25) is 0 Å². The lowest BCUT2D eigenvalue weighted by Gasteiger charge is -2.26. The number of anilines is 1. The normalized spacial score (nSPS) is 15.0. The number of carbonyl (C=O) groups excluding carboxylic acids is 1. The third-order valence-corrected chi connectivity index (χ3v) is 5.45. The number of hydrogen-bond donors (Lipinski definition) is 1. The highest BCUT2D eigenvalue weighted by Crippen LogP contribution is 2.28. The summed E-state index contributed by atoms with van der Waals surface area (Å²) in [7, 11) is 1.58. The van der Waals surface area contributed by atoms with Crippen LogP contribution in [0.1, 0.15) is 15.9 Å². The molecule has 0 radical (unpaired) electrons. The van der Waals surface area contributed by atoms with Crippen molar-refractivity contribution in [1.82, 2.24) is 9.88 Å². The van der Waals surface area contributed by atoms with Gasteiger partial charge in [-0.25, -0.2) is 4.98 Å². The van der Waals surface area contributed by atoms with Gasteiger partial charge in [0, 0.05) is 25.2 Å². The molecule has 1 aromatic heterocycles. The molecule has 2 heterocycles. The van der Waals surface area contributed by atoms with Gasteiger partial charge < -0.3 is 9.47 Å². The molecular formula is C20H21N3O3S.